The largest absolute Gasteiger partial charge is 0.390 e. The minimum Gasteiger partial charge on any atom is -0.390 e. The van der Waals surface area contributed by atoms with Crippen LogP contribution in [-0.2, 0) is 19.9 Å². The summed E-state index contributed by atoms with van der Waals surface area (Å²) in [5.74, 6) is -0.812. The molecule has 0 spiro atoms. The topological polar surface area (TPSA) is 105 Å². The van der Waals surface area contributed by atoms with Gasteiger partial charge in [0.1, 0.15) is 4.90 Å². The van der Waals surface area contributed by atoms with Gasteiger partial charge in [0.05, 0.1) is 29.2 Å². The number of nitrogens with zero attached hydrogens (tertiary/aromatic N) is 2. The van der Waals surface area contributed by atoms with Crippen molar-refractivity contribution in [1.29, 1.82) is 0 Å². The fourth-order valence-corrected chi connectivity index (χ4v) is 6.26. The van der Waals surface area contributed by atoms with E-state index in [1.807, 2.05) is 0 Å². The van der Waals surface area contributed by atoms with E-state index in [1.165, 1.54) is 19.3 Å². The Balaban J connectivity index is 2.07. The van der Waals surface area contributed by atoms with Crippen molar-refractivity contribution >= 4 is 30.8 Å². The van der Waals surface area contributed by atoms with E-state index in [1.54, 1.807) is 24.3 Å². The van der Waals surface area contributed by atoms with E-state index in [2.05, 4.69) is 4.98 Å². The molecule has 1 aromatic carbocycles. The quantitative estimate of drug-likeness (QED) is 0.831. The summed E-state index contributed by atoms with van der Waals surface area (Å²) in [7, 11) is -6.15. The molecule has 0 bridgehead atoms. The summed E-state index contributed by atoms with van der Waals surface area (Å²) in [6.07, 6.45) is 0.263. The van der Waals surface area contributed by atoms with Gasteiger partial charge in [-0.1, -0.05) is 18.2 Å². The third-order valence-electron chi connectivity index (χ3n) is 4.01. The van der Waals surface area contributed by atoms with E-state index in [-0.39, 0.29) is 10.6 Å². The van der Waals surface area contributed by atoms with Crippen LogP contribution in [0.3, 0.4) is 0 Å². The number of likely N-dealkylation sites (N-methyl/N-ethyl adjacent to an activating group) is 1. The first-order valence-electron chi connectivity index (χ1n) is 6.93. The monoisotopic (exact) mass is 356 g/mol. The van der Waals surface area contributed by atoms with Crippen molar-refractivity contribution < 1.29 is 21.9 Å². The maximum absolute atomic E-state index is 12.9. The lowest BCUT2D eigenvalue weighted by atomic mass is 10.2. The first-order valence-corrected chi connectivity index (χ1v) is 10.2. The Hall–Kier alpha value is -1.55. The number of rotatable bonds is 3. The van der Waals surface area contributed by atoms with Crippen LogP contribution in [0.15, 0.2) is 41.4 Å². The first-order chi connectivity index (χ1) is 10.7. The van der Waals surface area contributed by atoms with Gasteiger partial charge < -0.3 is 5.11 Å². The average molecular weight is 356 g/mol. The van der Waals surface area contributed by atoms with Gasteiger partial charge in [0.25, 0.3) is 0 Å². The van der Waals surface area contributed by atoms with Crippen LogP contribution in [0.4, 0.5) is 0 Å². The highest BCUT2D eigenvalue weighted by molar-refractivity contribution is 7.92. The summed E-state index contributed by atoms with van der Waals surface area (Å²) < 4.78 is 50.0. The lowest BCUT2D eigenvalue weighted by Gasteiger charge is -2.25. The Bertz CT molecular complexity index is 951. The van der Waals surface area contributed by atoms with Crippen LogP contribution in [0, 0.1) is 0 Å². The lowest BCUT2D eigenvalue weighted by Crippen LogP contribution is -2.44. The molecule has 2 heterocycles. The molecule has 1 aromatic heterocycles. The molecule has 0 radical (unpaired) electrons. The van der Waals surface area contributed by atoms with Gasteiger partial charge in [0.15, 0.2) is 9.84 Å². The van der Waals surface area contributed by atoms with Gasteiger partial charge in [-0.2, -0.15) is 4.31 Å². The van der Waals surface area contributed by atoms with E-state index in [4.69, 9.17) is 0 Å². The number of benzene rings is 1. The number of hydrogen-bond acceptors (Lipinski definition) is 6. The van der Waals surface area contributed by atoms with Crippen molar-refractivity contribution in [3.8, 4) is 0 Å². The summed E-state index contributed by atoms with van der Waals surface area (Å²) >= 11 is 0. The number of hydrogen-bond donors (Lipinski definition) is 1. The third kappa shape index (κ3) is 2.85. The normalized spacial score (nSPS) is 24.3. The zero-order valence-corrected chi connectivity index (χ0v) is 14.0. The molecule has 2 aromatic rings. The number of aliphatic hydroxyl groups excluding tert-OH is 1. The molecule has 124 valence electrons. The van der Waals surface area contributed by atoms with Gasteiger partial charge in [-0.25, -0.2) is 16.8 Å². The molecule has 0 unspecified atom stereocenters. The summed E-state index contributed by atoms with van der Waals surface area (Å²) in [6, 6.07) is 7.23. The van der Waals surface area contributed by atoms with Crippen molar-refractivity contribution in [2.75, 3.05) is 18.6 Å². The molecule has 1 saturated heterocycles. The zero-order chi connectivity index (χ0) is 16.8. The molecule has 1 fully saturated rings. The minimum atomic E-state index is -3.99. The van der Waals surface area contributed by atoms with Crippen molar-refractivity contribution in [3.05, 3.63) is 36.5 Å². The van der Waals surface area contributed by atoms with Crippen molar-refractivity contribution in [3.63, 3.8) is 0 Å². The van der Waals surface area contributed by atoms with Gasteiger partial charge in [-0.15, -0.1) is 0 Å². The van der Waals surface area contributed by atoms with E-state index in [9.17, 15) is 21.9 Å². The molecule has 1 aliphatic heterocycles. The molecule has 0 aliphatic carbocycles. The summed E-state index contributed by atoms with van der Waals surface area (Å²) in [4.78, 5) is 4.11. The molecular formula is C14H16N2O5S2. The maximum Gasteiger partial charge on any atom is 0.245 e. The van der Waals surface area contributed by atoms with E-state index in [0.29, 0.717) is 10.9 Å². The molecule has 3 rings (SSSR count). The number of para-hydroxylation sites is 1. The van der Waals surface area contributed by atoms with Crippen LogP contribution >= 0.6 is 0 Å². The van der Waals surface area contributed by atoms with Crippen LogP contribution in [0.25, 0.3) is 10.9 Å². The number of aliphatic hydroxyl groups is 1. The summed E-state index contributed by atoms with van der Waals surface area (Å²) in [6.45, 7) is 0. The second-order valence-corrected chi connectivity index (χ2v) is 9.68. The molecule has 7 nitrogen and oxygen atoms in total. The van der Waals surface area contributed by atoms with Crippen molar-refractivity contribution in [2.24, 2.45) is 0 Å². The van der Waals surface area contributed by atoms with Crippen LogP contribution < -0.4 is 0 Å². The summed E-state index contributed by atoms with van der Waals surface area (Å²) in [5.41, 5.74) is 0.317. The van der Waals surface area contributed by atoms with Crippen molar-refractivity contribution in [2.45, 2.75) is 17.0 Å². The smallest absolute Gasteiger partial charge is 0.245 e. The van der Waals surface area contributed by atoms with E-state index in [0.717, 1.165) is 4.31 Å². The van der Waals surface area contributed by atoms with Crippen LogP contribution in [0.5, 0.6) is 0 Å². The van der Waals surface area contributed by atoms with E-state index >= 15 is 0 Å². The standard InChI is InChI=1S/C14H16N2O5S2/c1-16(11-8-22(18,19)9-12(11)17)23(20,21)13-6-2-4-10-5-3-7-15-14(10)13/h2-7,11-12,17H,8-9H2,1H3/t11-,12-/m1/s1. The third-order valence-corrected chi connectivity index (χ3v) is 7.63. The molecular weight excluding hydrogens is 340 g/mol. The number of sulfonamides is 1. The molecule has 23 heavy (non-hydrogen) atoms. The molecule has 0 amide bonds. The number of aromatic nitrogens is 1. The Labute approximate surface area is 134 Å². The van der Waals surface area contributed by atoms with Gasteiger partial charge in [0.2, 0.25) is 10.0 Å². The fraction of sp³-hybridized carbons (Fsp3) is 0.357. The molecule has 2 atom stereocenters. The predicted octanol–water partition coefficient (Wildman–Crippen LogP) is 0.0132. The second kappa shape index (κ2) is 5.52. The second-order valence-electron chi connectivity index (χ2n) is 5.56. The maximum atomic E-state index is 12.9. The van der Waals surface area contributed by atoms with Gasteiger partial charge in [-0.3, -0.25) is 4.98 Å². The minimum absolute atomic E-state index is 0.00500. The van der Waals surface area contributed by atoms with Gasteiger partial charge >= 0.3 is 0 Å². The average Bonchev–Trinajstić information content (AvgIpc) is 2.78. The Morgan fingerprint density at radius 3 is 2.57 bits per heavy atom. The highest BCUT2D eigenvalue weighted by atomic mass is 32.2. The molecule has 1 N–H and O–H groups in total. The number of fused-ring (bicyclic) bond motifs is 1. The Morgan fingerprint density at radius 1 is 1.22 bits per heavy atom. The van der Waals surface area contributed by atoms with Crippen LogP contribution in [0.1, 0.15) is 0 Å². The van der Waals surface area contributed by atoms with Gasteiger partial charge in [0, 0.05) is 18.6 Å². The number of sulfone groups is 1. The van der Waals surface area contributed by atoms with Crippen LogP contribution in [-0.4, -0.2) is 61.9 Å². The molecule has 9 heteroatoms. The predicted molar refractivity (Wildman–Crippen MR) is 85.1 cm³/mol. The SMILES string of the molecule is CN([C@@H]1CS(=O)(=O)C[C@H]1O)S(=O)(=O)c1cccc2cccnc12. The highest BCUT2D eigenvalue weighted by Crippen LogP contribution is 2.27. The fourth-order valence-electron chi connectivity index (χ4n) is 2.78. The van der Waals surface area contributed by atoms with Gasteiger partial charge in [-0.05, 0) is 12.1 Å². The van der Waals surface area contributed by atoms with Crippen molar-refractivity contribution in [1.82, 2.24) is 9.29 Å². The lowest BCUT2D eigenvalue weighted by molar-refractivity contribution is 0.137. The molecule has 1 aliphatic rings. The Morgan fingerprint density at radius 2 is 1.91 bits per heavy atom. The zero-order valence-electron chi connectivity index (χ0n) is 12.3. The van der Waals surface area contributed by atoms with Crippen LogP contribution in [0.2, 0.25) is 0 Å². The summed E-state index contributed by atoms with van der Waals surface area (Å²) in [5, 5.41) is 10.6. The Kier molecular flexibility index (Phi) is 3.91. The highest BCUT2D eigenvalue weighted by Gasteiger charge is 2.43. The number of pyridine rings is 1. The van der Waals surface area contributed by atoms with E-state index < -0.39 is 37.8 Å². The first kappa shape index (κ1) is 16.3. The molecule has 0 saturated carbocycles.